The molecular formula is C3H3BrN2. The van der Waals surface area contributed by atoms with E-state index >= 15 is 0 Å². The van der Waals surface area contributed by atoms with Gasteiger partial charge in [-0.3, -0.25) is 10.3 Å². The van der Waals surface area contributed by atoms with Crippen LogP contribution in [0.1, 0.15) is 0 Å². The van der Waals surface area contributed by atoms with Gasteiger partial charge in [0.25, 0.3) is 0 Å². The van der Waals surface area contributed by atoms with Crippen molar-refractivity contribution >= 4 is 22.1 Å². The average molecular weight is 147 g/mol. The number of halogens is 1. The Morgan fingerprint density at radius 1 is 2.00 bits per heavy atom. The van der Waals surface area contributed by atoms with E-state index in [2.05, 4.69) is 32.8 Å². The Bertz CT molecular complexity index is 71.2. The molecule has 1 heterocycles. The Morgan fingerprint density at radius 2 is 2.83 bits per heavy atom. The maximum Gasteiger partial charge on any atom is 0.156 e. The van der Waals surface area contributed by atoms with Gasteiger partial charge in [-0.1, -0.05) is 0 Å². The molecule has 0 saturated heterocycles. The van der Waals surface area contributed by atoms with E-state index < -0.39 is 0 Å². The molecule has 0 bridgehead atoms. The number of aliphatic imine (C=N–C) groups is 1. The third kappa shape index (κ3) is 0.786. The van der Waals surface area contributed by atoms with Gasteiger partial charge in [0, 0.05) is 6.21 Å². The van der Waals surface area contributed by atoms with Crippen LogP contribution in [0, 0.1) is 6.54 Å². The molecule has 1 N–H and O–H groups in total. The van der Waals surface area contributed by atoms with Gasteiger partial charge in [-0.2, -0.15) is 0 Å². The molecule has 0 saturated carbocycles. The molecule has 1 unspecified atom stereocenters. The summed E-state index contributed by atoms with van der Waals surface area (Å²) in [5, 5.41) is 2.83. The van der Waals surface area contributed by atoms with Gasteiger partial charge < -0.3 is 0 Å². The van der Waals surface area contributed by atoms with Crippen molar-refractivity contribution in [1.29, 1.82) is 0 Å². The van der Waals surface area contributed by atoms with Crippen LogP contribution < -0.4 is 5.32 Å². The van der Waals surface area contributed by atoms with Crippen LogP contribution in [0.4, 0.5) is 0 Å². The molecular weight excluding hydrogens is 144 g/mol. The first-order valence-corrected chi connectivity index (χ1v) is 2.48. The lowest BCUT2D eigenvalue weighted by Gasteiger charge is -1.89. The predicted molar refractivity (Wildman–Crippen MR) is 27.6 cm³/mol. The molecule has 2 nitrogen and oxygen atoms in total. The highest BCUT2D eigenvalue weighted by molar-refractivity contribution is 9.09. The molecule has 1 atom stereocenters. The van der Waals surface area contributed by atoms with E-state index in [0.717, 1.165) is 0 Å². The predicted octanol–water partition coefficient (Wildman–Crippen LogP) is 0.378. The molecule has 1 rings (SSSR count). The monoisotopic (exact) mass is 146 g/mol. The van der Waals surface area contributed by atoms with Crippen LogP contribution in [0.15, 0.2) is 4.99 Å². The van der Waals surface area contributed by atoms with Gasteiger partial charge in [0.2, 0.25) is 0 Å². The largest absolute Gasteiger partial charge is 0.272 e. The lowest BCUT2D eigenvalue weighted by Crippen LogP contribution is -2.10. The lowest BCUT2D eigenvalue weighted by atomic mass is 10.8. The Hall–Kier alpha value is 0.110. The molecule has 0 aromatic carbocycles. The van der Waals surface area contributed by atoms with Gasteiger partial charge >= 0.3 is 0 Å². The standard InChI is InChI=1S/C3H3BrN2/c4-3-5-1-2-6-3/h1,3,6H. The van der Waals surface area contributed by atoms with E-state index in [1.54, 1.807) is 6.21 Å². The van der Waals surface area contributed by atoms with E-state index in [1.165, 1.54) is 0 Å². The van der Waals surface area contributed by atoms with Crippen molar-refractivity contribution in [2.45, 2.75) is 5.08 Å². The SMILES string of the molecule is BrC1N=C[C]N1. The second kappa shape index (κ2) is 1.71. The van der Waals surface area contributed by atoms with E-state index in [-0.39, 0.29) is 5.08 Å². The lowest BCUT2D eigenvalue weighted by molar-refractivity contribution is 0.857. The molecule has 0 aliphatic carbocycles. The average Bonchev–Trinajstić information content (AvgIpc) is 1.86. The van der Waals surface area contributed by atoms with Crippen LogP contribution in [-0.2, 0) is 0 Å². The minimum Gasteiger partial charge on any atom is -0.272 e. The van der Waals surface area contributed by atoms with Crippen LogP contribution in [0.2, 0.25) is 0 Å². The van der Waals surface area contributed by atoms with Gasteiger partial charge in [-0.15, -0.1) is 0 Å². The van der Waals surface area contributed by atoms with Gasteiger partial charge in [-0.25, -0.2) is 0 Å². The zero-order valence-corrected chi connectivity index (χ0v) is 4.57. The number of alkyl halides is 1. The summed E-state index contributed by atoms with van der Waals surface area (Å²) in [5.41, 5.74) is 0. The molecule has 0 aromatic rings. The maximum atomic E-state index is 3.81. The van der Waals surface area contributed by atoms with Crippen LogP contribution in [0.25, 0.3) is 0 Å². The van der Waals surface area contributed by atoms with Crippen molar-refractivity contribution in [3.8, 4) is 0 Å². The maximum absolute atomic E-state index is 3.81. The van der Waals surface area contributed by atoms with Crippen molar-refractivity contribution in [1.82, 2.24) is 5.32 Å². The summed E-state index contributed by atoms with van der Waals surface area (Å²) in [6, 6.07) is 0. The first-order valence-electron chi connectivity index (χ1n) is 1.56. The van der Waals surface area contributed by atoms with Crippen LogP contribution in [0.3, 0.4) is 0 Å². The van der Waals surface area contributed by atoms with Gasteiger partial charge in [-0.05, 0) is 15.9 Å². The minimum absolute atomic E-state index is 0.0671. The Kier molecular flexibility index (Phi) is 1.22. The smallest absolute Gasteiger partial charge is 0.156 e. The number of rotatable bonds is 0. The van der Waals surface area contributed by atoms with Crippen molar-refractivity contribution in [2.75, 3.05) is 0 Å². The molecule has 0 fully saturated rings. The summed E-state index contributed by atoms with van der Waals surface area (Å²) in [4.78, 5) is 3.81. The minimum atomic E-state index is 0.0671. The third-order valence-electron chi connectivity index (χ3n) is 0.472. The van der Waals surface area contributed by atoms with Crippen molar-refractivity contribution in [3.05, 3.63) is 6.54 Å². The summed E-state index contributed by atoms with van der Waals surface area (Å²) < 4.78 is 0. The van der Waals surface area contributed by atoms with Crippen LogP contribution in [0.5, 0.6) is 0 Å². The number of hydrogen-bond acceptors (Lipinski definition) is 2. The van der Waals surface area contributed by atoms with Crippen LogP contribution >= 0.6 is 15.9 Å². The summed E-state index contributed by atoms with van der Waals surface area (Å²) in [5.74, 6) is 0. The van der Waals surface area contributed by atoms with E-state index in [9.17, 15) is 0 Å². The van der Waals surface area contributed by atoms with Crippen molar-refractivity contribution < 1.29 is 0 Å². The zero-order chi connectivity index (χ0) is 4.41. The summed E-state index contributed by atoms with van der Waals surface area (Å²) >= 11 is 3.17. The van der Waals surface area contributed by atoms with Gasteiger partial charge in [0.15, 0.2) is 5.08 Å². The molecule has 2 radical (unpaired) electrons. The van der Waals surface area contributed by atoms with E-state index in [4.69, 9.17) is 0 Å². The molecule has 0 spiro atoms. The molecule has 0 aromatic heterocycles. The number of nitrogens with zero attached hydrogens (tertiary/aromatic N) is 1. The fourth-order valence-electron chi connectivity index (χ4n) is 0.246. The third-order valence-corrected chi connectivity index (χ3v) is 0.938. The summed E-state index contributed by atoms with van der Waals surface area (Å²) in [6.45, 7) is 2.68. The topological polar surface area (TPSA) is 24.4 Å². The first kappa shape index (κ1) is 4.27. The number of hydrogen-bond donors (Lipinski definition) is 1. The number of nitrogens with one attached hydrogen (secondary N) is 1. The summed E-state index contributed by atoms with van der Waals surface area (Å²) in [6.07, 6.45) is 1.60. The second-order valence-electron chi connectivity index (χ2n) is 0.903. The Labute approximate surface area is 44.8 Å². The fraction of sp³-hybridized carbons (Fsp3) is 0.333. The highest BCUT2D eigenvalue weighted by Gasteiger charge is 2.01. The normalized spacial score (nSPS) is 31.8. The van der Waals surface area contributed by atoms with E-state index in [1.807, 2.05) is 0 Å². The van der Waals surface area contributed by atoms with Crippen molar-refractivity contribution in [3.63, 3.8) is 0 Å². The second-order valence-corrected chi connectivity index (χ2v) is 1.77. The van der Waals surface area contributed by atoms with Gasteiger partial charge in [0.1, 0.15) is 6.54 Å². The van der Waals surface area contributed by atoms with E-state index in [0.29, 0.717) is 0 Å². The fourth-order valence-corrected chi connectivity index (χ4v) is 0.496. The highest BCUT2D eigenvalue weighted by atomic mass is 79.9. The zero-order valence-electron chi connectivity index (χ0n) is 2.98. The van der Waals surface area contributed by atoms with Crippen molar-refractivity contribution in [2.24, 2.45) is 4.99 Å². The molecule has 3 heteroatoms. The highest BCUT2D eigenvalue weighted by Crippen LogP contribution is 1.99. The quantitative estimate of drug-likeness (QED) is 0.388. The Balaban J connectivity index is 2.38. The molecule has 6 heavy (non-hydrogen) atoms. The molecule has 1 aliphatic rings. The molecule has 32 valence electrons. The van der Waals surface area contributed by atoms with Crippen LogP contribution in [-0.4, -0.2) is 11.3 Å². The molecule has 0 amide bonds. The Morgan fingerprint density at radius 3 is 3.00 bits per heavy atom. The first-order chi connectivity index (χ1) is 2.89. The van der Waals surface area contributed by atoms with Gasteiger partial charge in [0.05, 0.1) is 0 Å². The summed E-state index contributed by atoms with van der Waals surface area (Å²) in [7, 11) is 0. The molecule has 1 aliphatic heterocycles.